The van der Waals surface area contributed by atoms with Gasteiger partial charge in [-0.05, 0) is 43.2 Å². The molecule has 0 radical (unpaired) electrons. The van der Waals surface area contributed by atoms with E-state index in [0.29, 0.717) is 5.56 Å². The molecule has 1 unspecified atom stereocenters. The molecule has 10 heteroatoms. The van der Waals surface area contributed by atoms with Gasteiger partial charge in [0, 0.05) is 13.0 Å². The second-order valence-electron chi connectivity index (χ2n) is 8.04. The Kier molecular flexibility index (Phi) is 5.56. The fourth-order valence-corrected chi connectivity index (χ4v) is 5.15. The Morgan fingerprint density at radius 3 is 2.57 bits per heavy atom. The lowest BCUT2D eigenvalue weighted by molar-refractivity contribution is -0.204. The van der Waals surface area contributed by atoms with Crippen molar-refractivity contribution in [3.8, 4) is 5.75 Å². The Balaban J connectivity index is 1.73. The number of para-hydroxylation sites is 1. The summed E-state index contributed by atoms with van der Waals surface area (Å²) >= 11 is 0. The number of hydrogen-bond acceptors (Lipinski definition) is 5. The molecular weight excluding hydrogens is 418 g/mol. The van der Waals surface area contributed by atoms with Crippen LogP contribution in [0.15, 0.2) is 28.7 Å². The summed E-state index contributed by atoms with van der Waals surface area (Å²) in [5.41, 5.74) is 0.825. The van der Waals surface area contributed by atoms with E-state index >= 15 is 0 Å². The number of benzene rings is 1. The molecule has 164 valence electrons. The van der Waals surface area contributed by atoms with Crippen LogP contribution in [-0.4, -0.2) is 62.6 Å². The average Bonchev–Trinajstić information content (AvgIpc) is 3.06. The van der Waals surface area contributed by atoms with Crippen LogP contribution in [0.25, 0.3) is 0 Å². The first-order chi connectivity index (χ1) is 14.1. The maximum absolute atomic E-state index is 14.9. The van der Waals surface area contributed by atoms with Gasteiger partial charge in [0.1, 0.15) is 5.75 Å². The number of hydrogen-bond donors (Lipinski definition) is 0. The Hall–Kier alpha value is -2.07. The van der Waals surface area contributed by atoms with Gasteiger partial charge in [-0.15, -0.1) is 0 Å². The molecule has 3 aliphatic heterocycles. The van der Waals surface area contributed by atoms with Crippen molar-refractivity contribution < 1.29 is 31.5 Å². The molecule has 1 amide bonds. The second-order valence-corrected chi connectivity index (χ2v) is 9.69. The number of nitrogens with zero attached hydrogens (tertiary/aromatic N) is 2. The topological polar surface area (TPSA) is 85.3 Å². The van der Waals surface area contributed by atoms with Gasteiger partial charge in [-0.25, -0.2) is 8.42 Å². The molecule has 2 fully saturated rings. The number of rotatable bonds is 1. The summed E-state index contributed by atoms with van der Waals surface area (Å²) in [7, 11) is -3.74. The van der Waals surface area contributed by atoms with E-state index in [2.05, 4.69) is 4.40 Å². The minimum Gasteiger partial charge on any atom is -0.425 e. The van der Waals surface area contributed by atoms with Crippen LogP contribution < -0.4 is 4.74 Å². The van der Waals surface area contributed by atoms with Gasteiger partial charge in [0.2, 0.25) is 10.0 Å². The lowest BCUT2D eigenvalue weighted by Gasteiger charge is -2.30. The van der Waals surface area contributed by atoms with Crippen LogP contribution in [0.5, 0.6) is 5.75 Å². The molecule has 1 saturated heterocycles. The van der Waals surface area contributed by atoms with Crippen molar-refractivity contribution in [3.05, 3.63) is 29.8 Å². The van der Waals surface area contributed by atoms with Crippen molar-refractivity contribution in [2.45, 2.75) is 56.3 Å². The number of alkyl halides is 2. The number of ether oxygens (including phenoxy) is 2. The van der Waals surface area contributed by atoms with Crippen LogP contribution in [0, 0.1) is 0 Å². The summed E-state index contributed by atoms with van der Waals surface area (Å²) in [5.74, 6) is -1.47. The second kappa shape index (κ2) is 7.88. The molecule has 0 N–H and O–H groups in total. The maximum atomic E-state index is 14.9. The Morgan fingerprint density at radius 2 is 1.87 bits per heavy atom. The Labute approximate surface area is 174 Å². The summed E-state index contributed by atoms with van der Waals surface area (Å²) in [6, 6.07) is 5.62. The summed E-state index contributed by atoms with van der Waals surface area (Å²) in [4.78, 5) is 13.7. The first-order valence-corrected chi connectivity index (χ1v) is 11.9. The van der Waals surface area contributed by atoms with E-state index in [9.17, 15) is 22.0 Å². The number of carbonyl (C=O) groups excluding carboxylic acids is 1. The van der Waals surface area contributed by atoms with E-state index in [4.69, 9.17) is 9.47 Å². The quantitative estimate of drug-likeness (QED) is 0.668. The Morgan fingerprint density at radius 1 is 1.17 bits per heavy atom. The predicted molar refractivity (Wildman–Crippen MR) is 105 cm³/mol. The summed E-state index contributed by atoms with van der Waals surface area (Å²) in [5, 5.41) is 0. The predicted octanol–water partition coefficient (Wildman–Crippen LogP) is 2.72. The van der Waals surface area contributed by atoms with Gasteiger partial charge in [-0.3, -0.25) is 4.79 Å². The molecule has 7 nitrogen and oxygen atoms in total. The van der Waals surface area contributed by atoms with Crippen LogP contribution in [0.2, 0.25) is 0 Å². The van der Waals surface area contributed by atoms with Crippen LogP contribution in [0.3, 0.4) is 0 Å². The first kappa shape index (κ1) is 21.2. The van der Waals surface area contributed by atoms with Crippen LogP contribution in [0.1, 0.15) is 43.6 Å². The number of halogens is 2. The van der Waals surface area contributed by atoms with Gasteiger partial charge in [-0.2, -0.15) is 13.2 Å². The fourth-order valence-electron chi connectivity index (χ4n) is 4.51. The minimum atomic E-state index is -4.10. The molecule has 2 bridgehead atoms. The van der Waals surface area contributed by atoms with Gasteiger partial charge >= 0.3 is 12.0 Å². The highest BCUT2D eigenvalue weighted by atomic mass is 32.2. The highest BCUT2D eigenvalue weighted by molar-refractivity contribution is 7.89. The number of sulfonamides is 1. The number of carbonyl (C=O) groups is 1. The van der Waals surface area contributed by atoms with Crippen LogP contribution in [0.4, 0.5) is 8.78 Å². The van der Waals surface area contributed by atoms with Crippen molar-refractivity contribution in [1.82, 2.24) is 4.90 Å². The zero-order valence-electron chi connectivity index (χ0n) is 16.6. The van der Waals surface area contributed by atoms with Crippen molar-refractivity contribution in [2.24, 2.45) is 4.40 Å². The van der Waals surface area contributed by atoms with Crippen molar-refractivity contribution in [1.29, 1.82) is 0 Å². The number of fused-ring (bicyclic) bond motifs is 5. The fraction of sp³-hybridized carbons (Fsp3) is 0.600. The van der Waals surface area contributed by atoms with E-state index in [-0.39, 0.29) is 43.1 Å². The van der Waals surface area contributed by atoms with Gasteiger partial charge < -0.3 is 14.4 Å². The smallest absolute Gasteiger partial charge is 0.425 e. The summed E-state index contributed by atoms with van der Waals surface area (Å²) in [6.07, 6.45) is -0.156. The third kappa shape index (κ3) is 4.34. The van der Waals surface area contributed by atoms with Gasteiger partial charge in [0.15, 0.2) is 0 Å². The third-order valence-electron chi connectivity index (χ3n) is 5.92. The highest BCUT2D eigenvalue weighted by Gasteiger charge is 2.50. The lowest BCUT2D eigenvalue weighted by atomic mass is 9.82. The molecule has 5 rings (SSSR count). The van der Waals surface area contributed by atoms with Crippen molar-refractivity contribution >= 4 is 21.6 Å². The molecule has 1 aromatic carbocycles. The molecule has 3 heterocycles. The average molecular weight is 442 g/mol. The molecule has 1 aliphatic carbocycles. The third-order valence-corrected chi connectivity index (χ3v) is 6.49. The van der Waals surface area contributed by atoms with Crippen LogP contribution >= 0.6 is 0 Å². The first-order valence-electron chi connectivity index (χ1n) is 10.0. The van der Waals surface area contributed by atoms with E-state index in [1.807, 2.05) is 0 Å². The standard InChI is InChI=1S/C20H24F2N2O5S/c1-30(26,27)23-16-10-11-24-17(16)12-28-14-8-6-13(7-9-14)15-4-2-3-5-18(15)29-20(21,22)19(24)25/h2-5,13-14,17H,6-12H2,1H3/b23-16+. The highest BCUT2D eigenvalue weighted by Crippen LogP contribution is 2.40. The van der Waals surface area contributed by atoms with Crippen molar-refractivity contribution in [2.75, 3.05) is 19.4 Å². The Bertz CT molecular complexity index is 958. The molecule has 0 aromatic heterocycles. The molecule has 4 aliphatic rings. The zero-order chi connectivity index (χ0) is 21.5. The molecular formula is C20H24F2N2O5S. The molecule has 1 aromatic rings. The van der Waals surface area contributed by atoms with Gasteiger partial charge in [0.25, 0.3) is 0 Å². The summed E-state index contributed by atoms with van der Waals surface area (Å²) in [6.45, 7) is -0.145. The summed E-state index contributed by atoms with van der Waals surface area (Å²) < 4.78 is 67.7. The monoisotopic (exact) mass is 442 g/mol. The lowest BCUT2D eigenvalue weighted by Crippen LogP contribution is -2.51. The van der Waals surface area contributed by atoms with E-state index in [0.717, 1.165) is 36.8 Å². The molecule has 0 spiro atoms. The molecule has 1 saturated carbocycles. The van der Waals surface area contributed by atoms with Gasteiger partial charge in [0.05, 0.1) is 30.7 Å². The maximum Gasteiger partial charge on any atom is 0.482 e. The van der Waals surface area contributed by atoms with E-state index in [1.54, 1.807) is 18.2 Å². The normalized spacial score (nSPS) is 30.6. The SMILES string of the molecule is CS(=O)(=O)/N=C1\CCN2C(=O)C(F)(F)Oc3ccccc3C3CCC(CC3)OCC12. The van der Waals surface area contributed by atoms with E-state index in [1.165, 1.54) is 6.07 Å². The largest absolute Gasteiger partial charge is 0.482 e. The van der Waals surface area contributed by atoms with Crippen molar-refractivity contribution in [3.63, 3.8) is 0 Å². The van der Waals surface area contributed by atoms with E-state index < -0.39 is 28.1 Å². The zero-order valence-corrected chi connectivity index (χ0v) is 17.4. The number of amides is 1. The van der Waals surface area contributed by atoms with Crippen LogP contribution in [-0.2, 0) is 19.6 Å². The molecule has 1 atom stereocenters. The van der Waals surface area contributed by atoms with Gasteiger partial charge in [-0.1, -0.05) is 18.2 Å². The minimum absolute atomic E-state index is 0.000221. The molecule has 30 heavy (non-hydrogen) atoms.